The maximum absolute atomic E-state index is 13.0. The van der Waals surface area contributed by atoms with E-state index in [9.17, 15) is 14.4 Å². The SMILES string of the molecule is O=C1NCCN1C(=O)Nc1ccc2c(c1)C(=O)N1CCCCC1CCO2. The van der Waals surface area contributed by atoms with Gasteiger partial charge in [-0.1, -0.05) is 0 Å². The van der Waals surface area contributed by atoms with Crippen molar-refractivity contribution in [3.8, 4) is 5.75 Å². The highest BCUT2D eigenvalue weighted by Crippen LogP contribution is 2.31. The van der Waals surface area contributed by atoms with Gasteiger partial charge < -0.3 is 20.3 Å². The minimum Gasteiger partial charge on any atom is -0.493 e. The lowest BCUT2D eigenvalue weighted by Crippen LogP contribution is -2.45. The van der Waals surface area contributed by atoms with Gasteiger partial charge in [0.05, 0.1) is 12.2 Å². The van der Waals surface area contributed by atoms with E-state index in [0.717, 1.165) is 37.1 Å². The molecule has 3 heterocycles. The maximum atomic E-state index is 13.0. The molecule has 0 aromatic heterocycles. The number of amides is 5. The molecule has 2 fully saturated rings. The standard InChI is InChI=1S/C18H22N4O4/c23-16-14-11-12(20-18(25)22-9-7-19-17(22)24)4-5-15(14)26-10-6-13-3-1-2-8-21(13)16/h4-5,11,13H,1-3,6-10H2,(H,19,24)(H,20,25). The molecule has 138 valence electrons. The van der Waals surface area contributed by atoms with Crippen LogP contribution in [0.5, 0.6) is 5.75 Å². The summed E-state index contributed by atoms with van der Waals surface area (Å²) in [4.78, 5) is 39.9. The summed E-state index contributed by atoms with van der Waals surface area (Å²) in [5.74, 6) is 0.482. The van der Waals surface area contributed by atoms with E-state index in [4.69, 9.17) is 4.74 Å². The van der Waals surface area contributed by atoms with Gasteiger partial charge in [-0.3, -0.25) is 4.79 Å². The predicted molar refractivity (Wildman–Crippen MR) is 94.4 cm³/mol. The fraction of sp³-hybridized carbons (Fsp3) is 0.500. The highest BCUT2D eigenvalue weighted by Gasteiger charge is 2.31. The van der Waals surface area contributed by atoms with Crippen LogP contribution in [0.3, 0.4) is 0 Å². The molecule has 26 heavy (non-hydrogen) atoms. The smallest absolute Gasteiger partial charge is 0.330 e. The first-order valence-corrected chi connectivity index (χ1v) is 9.07. The Morgan fingerprint density at radius 3 is 2.88 bits per heavy atom. The molecule has 1 aromatic rings. The normalized spacial score (nSPS) is 22.5. The van der Waals surface area contributed by atoms with Gasteiger partial charge in [-0.25, -0.2) is 14.5 Å². The largest absolute Gasteiger partial charge is 0.493 e. The van der Waals surface area contributed by atoms with E-state index >= 15 is 0 Å². The van der Waals surface area contributed by atoms with E-state index in [1.807, 2.05) is 4.90 Å². The van der Waals surface area contributed by atoms with Crippen LogP contribution in [0.2, 0.25) is 0 Å². The van der Waals surface area contributed by atoms with Gasteiger partial charge in [0.1, 0.15) is 5.75 Å². The van der Waals surface area contributed by atoms with Crippen LogP contribution in [-0.4, -0.2) is 60.1 Å². The van der Waals surface area contributed by atoms with Gasteiger partial charge in [0.2, 0.25) is 0 Å². The number of carbonyl (C=O) groups is 3. The Hall–Kier alpha value is -2.77. The van der Waals surface area contributed by atoms with Crippen molar-refractivity contribution in [3.63, 3.8) is 0 Å². The van der Waals surface area contributed by atoms with E-state index in [-0.39, 0.29) is 11.9 Å². The molecule has 3 aliphatic heterocycles. The predicted octanol–water partition coefficient (Wildman–Crippen LogP) is 2.02. The molecule has 4 rings (SSSR count). The second-order valence-electron chi connectivity index (χ2n) is 6.81. The molecule has 2 saturated heterocycles. The van der Waals surface area contributed by atoms with Crippen molar-refractivity contribution in [1.82, 2.24) is 15.1 Å². The number of imide groups is 1. The number of carbonyl (C=O) groups excluding carboxylic acids is 3. The van der Waals surface area contributed by atoms with Gasteiger partial charge in [0, 0.05) is 37.8 Å². The lowest BCUT2D eigenvalue weighted by molar-refractivity contribution is 0.0548. The van der Waals surface area contributed by atoms with Gasteiger partial charge in [-0.15, -0.1) is 0 Å². The number of fused-ring (bicyclic) bond motifs is 2. The van der Waals surface area contributed by atoms with Crippen LogP contribution in [0.1, 0.15) is 36.0 Å². The molecule has 8 heteroatoms. The number of benzene rings is 1. The number of hydrogen-bond donors (Lipinski definition) is 2. The first-order chi connectivity index (χ1) is 12.6. The van der Waals surface area contributed by atoms with Gasteiger partial charge in [-0.2, -0.15) is 0 Å². The summed E-state index contributed by atoms with van der Waals surface area (Å²) in [6.07, 6.45) is 3.99. The molecule has 8 nitrogen and oxygen atoms in total. The fourth-order valence-corrected chi connectivity index (χ4v) is 3.78. The third-order valence-corrected chi connectivity index (χ3v) is 5.16. The van der Waals surface area contributed by atoms with E-state index in [1.54, 1.807) is 18.2 Å². The zero-order valence-electron chi connectivity index (χ0n) is 14.5. The van der Waals surface area contributed by atoms with Crippen LogP contribution in [0.4, 0.5) is 15.3 Å². The molecule has 0 bridgehead atoms. The number of nitrogens with zero attached hydrogens (tertiary/aromatic N) is 2. The molecular formula is C18H22N4O4. The van der Waals surface area contributed by atoms with Crippen LogP contribution >= 0.6 is 0 Å². The topological polar surface area (TPSA) is 91.0 Å². The molecule has 1 atom stereocenters. The lowest BCUT2D eigenvalue weighted by atomic mass is 9.97. The Morgan fingerprint density at radius 1 is 1.19 bits per heavy atom. The molecule has 0 radical (unpaired) electrons. The fourth-order valence-electron chi connectivity index (χ4n) is 3.78. The van der Waals surface area contributed by atoms with Gasteiger partial charge in [0.25, 0.3) is 5.91 Å². The molecule has 1 aromatic carbocycles. The Kier molecular flexibility index (Phi) is 4.40. The summed E-state index contributed by atoms with van der Waals surface area (Å²) in [6.45, 7) is 2.10. The first-order valence-electron chi connectivity index (χ1n) is 9.07. The number of ether oxygens (including phenoxy) is 1. The molecule has 0 spiro atoms. The molecule has 0 aliphatic carbocycles. The second kappa shape index (κ2) is 6.86. The average Bonchev–Trinajstić information content (AvgIpc) is 3.07. The van der Waals surface area contributed by atoms with E-state index in [0.29, 0.717) is 36.7 Å². The summed E-state index contributed by atoms with van der Waals surface area (Å²) in [5.41, 5.74) is 0.930. The van der Waals surface area contributed by atoms with Gasteiger partial charge in [-0.05, 0) is 37.5 Å². The minimum atomic E-state index is -0.505. The Labute approximate surface area is 151 Å². The molecule has 1 unspecified atom stereocenters. The van der Waals surface area contributed by atoms with Crippen LogP contribution < -0.4 is 15.4 Å². The van der Waals surface area contributed by atoms with E-state index in [1.165, 1.54) is 0 Å². The third kappa shape index (κ3) is 3.07. The highest BCUT2D eigenvalue weighted by molar-refractivity contribution is 6.03. The Morgan fingerprint density at radius 2 is 2.08 bits per heavy atom. The quantitative estimate of drug-likeness (QED) is 0.803. The van der Waals surface area contributed by atoms with E-state index < -0.39 is 12.1 Å². The Balaban J connectivity index is 1.57. The molecule has 2 N–H and O–H groups in total. The maximum Gasteiger partial charge on any atom is 0.330 e. The van der Waals surface area contributed by atoms with Crippen molar-refractivity contribution in [2.45, 2.75) is 31.7 Å². The van der Waals surface area contributed by atoms with Gasteiger partial charge >= 0.3 is 12.1 Å². The summed E-state index contributed by atoms with van der Waals surface area (Å²) >= 11 is 0. The lowest BCUT2D eigenvalue weighted by Gasteiger charge is -2.37. The summed E-state index contributed by atoms with van der Waals surface area (Å²) in [7, 11) is 0. The molecule has 3 aliphatic rings. The number of hydrogen-bond acceptors (Lipinski definition) is 4. The Bertz CT molecular complexity index is 751. The number of nitrogens with one attached hydrogen (secondary N) is 2. The monoisotopic (exact) mass is 358 g/mol. The van der Waals surface area contributed by atoms with Crippen LogP contribution in [0.15, 0.2) is 18.2 Å². The minimum absolute atomic E-state index is 0.0561. The number of rotatable bonds is 1. The van der Waals surface area contributed by atoms with Crippen molar-refractivity contribution in [1.29, 1.82) is 0 Å². The zero-order valence-corrected chi connectivity index (χ0v) is 14.5. The third-order valence-electron chi connectivity index (χ3n) is 5.16. The van der Waals surface area contributed by atoms with Crippen molar-refractivity contribution < 1.29 is 19.1 Å². The number of urea groups is 2. The van der Waals surface area contributed by atoms with Gasteiger partial charge in [0.15, 0.2) is 0 Å². The molecular weight excluding hydrogens is 336 g/mol. The van der Waals surface area contributed by atoms with Crippen LogP contribution in [0, 0.1) is 0 Å². The summed E-state index contributed by atoms with van der Waals surface area (Å²) < 4.78 is 5.79. The van der Waals surface area contributed by atoms with Crippen molar-refractivity contribution in [2.24, 2.45) is 0 Å². The van der Waals surface area contributed by atoms with Crippen LogP contribution in [0.25, 0.3) is 0 Å². The first kappa shape index (κ1) is 16.7. The van der Waals surface area contributed by atoms with Crippen molar-refractivity contribution in [2.75, 3.05) is 31.6 Å². The highest BCUT2D eigenvalue weighted by atomic mass is 16.5. The summed E-state index contributed by atoms with van der Waals surface area (Å²) in [5, 5.41) is 5.28. The molecule has 0 saturated carbocycles. The summed E-state index contributed by atoms with van der Waals surface area (Å²) in [6, 6.07) is 4.33. The zero-order chi connectivity index (χ0) is 18.1. The molecule has 5 amide bonds. The van der Waals surface area contributed by atoms with Crippen molar-refractivity contribution in [3.05, 3.63) is 23.8 Å². The van der Waals surface area contributed by atoms with Crippen molar-refractivity contribution >= 4 is 23.7 Å². The number of anilines is 1. The number of piperidine rings is 1. The van der Waals surface area contributed by atoms with E-state index in [2.05, 4.69) is 10.6 Å². The average molecular weight is 358 g/mol. The van der Waals surface area contributed by atoms with Crippen LogP contribution in [-0.2, 0) is 0 Å². The second-order valence-corrected chi connectivity index (χ2v) is 6.81.